The Hall–Kier alpha value is -2.59. The Morgan fingerprint density at radius 2 is 1.78 bits per heavy atom. The molecule has 1 aromatic heterocycles. The topological polar surface area (TPSA) is 90.9 Å². The van der Waals surface area contributed by atoms with Crippen molar-refractivity contribution in [3.63, 3.8) is 0 Å². The zero-order valence-corrected chi connectivity index (χ0v) is 22.6. The second kappa shape index (κ2) is 10.0. The molecule has 1 unspecified atom stereocenters. The molecule has 9 nitrogen and oxygen atoms in total. The maximum Gasteiger partial charge on any atom is 0.410 e. The van der Waals surface area contributed by atoms with E-state index in [4.69, 9.17) is 26.3 Å². The van der Waals surface area contributed by atoms with Crippen molar-refractivity contribution in [3.8, 4) is 0 Å². The van der Waals surface area contributed by atoms with Gasteiger partial charge in [-0.3, -0.25) is 4.21 Å². The van der Waals surface area contributed by atoms with E-state index in [9.17, 15) is 9.00 Å². The summed E-state index contributed by atoms with van der Waals surface area (Å²) in [5.41, 5.74) is 1.49. The number of benzene rings is 1. The quantitative estimate of drug-likeness (QED) is 0.639. The summed E-state index contributed by atoms with van der Waals surface area (Å²) in [6, 6.07) is 7.94. The van der Waals surface area contributed by atoms with E-state index < -0.39 is 16.4 Å². The van der Waals surface area contributed by atoms with Crippen molar-refractivity contribution in [2.24, 2.45) is 0 Å². The Morgan fingerprint density at radius 1 is 1.08 bits per heavy atom. The predicted octanol–water partition coefficient (Wildman–Crippen LogP) is 3.54. The molecule has 36 heavy (non-hydrogen) atoms. The third-order valence-corrected chi connectivity index (χ3v) is 8.32. The molecule has 0 spiro atoms. The molecular weight excluding hydrogens is 500 g/mol. The van der Waals surface area contributed by atoms with E-state index in [1.165, 1.54) is 0 Å². The number of rotatable bonds is 4. The molecule has 11 heteroatoms. The van der Waals surface area contributed by atoms with Gasteiger partial charge in [-0.05, 0) is 51.5 Å². The predicted molar refractivity (Wildman–Crippen MR) is 143 cm³/mol. The van der Waals surface area contributed by atoms with Crippen LogP contribution in [0.3, 0.4) is 0 Å². The van der Waals surface area contributed by atoms with Crippen molar-refractivity contribution >= 4 is 45.9 Å². The van der Waals surface area contributed by atoms with Gasteiger partial charge in [-0.25, -0.2) is 9.78 Å². The summed E-state index contributed by atoms with van der Waals surface area (Å²) >= 11 is 6.04. The zero-order chi connectivity index (χ0) is 25.4. The second-order valence-electron chi connectivity index (χ2n) is 10.5. The van der Waals surface area contributed by atoms with Crippen molar-refractivity contribution in [2.45, 2.75) is 50.2 Å². The molecule has 3 aliphatic heterocycles. The fraction of sp³-hybridized carbons (Fsp3) is 0.560. The lowest BCUT2D eigenvalue weighted by Gasteiger charge is -2.36. The van der Waals surface area contributed by atoms with E-state index in [0.717, 1.165) is 49.0 Å². The van der Waals surface area contributed by atoms with Gasteiger partial charge in [0.15, 0.2) is 0 Å². The first-order chi connectivity index (χ1) is 17.2. The number of piperazine rings is 1. The number of hydrogen-bond acceptors (Lipinski definition) is 8. The van der Waals surface area contributed by atoms with Gasteiger partial charge in [-0.2, -0.15) is 4.98 Å². The van der Waals surface area contributed by atoms with Gasteiger partial charge in [-0.15, -0.1) is 0 Å². The third kappa shape index (κ3) is 5.54. The van der Waals surface area contributed by atoms with Gasteiger partial charge in [-0.1, -0.05) is 11.6 Å². The van der Waals surface area contributed by atoms with Gasteiger partial charge in [0.25, 0.3) is 0 Å². The van der Waals surface area contributed by atoms with Gasteiger partial charge in [0.1, 0.15) is 16.3 Å². The van der Waals surface area contributed by atoms with Crippen LogP contribution in [0.2, 0.25) is 5.02 Å². The fourth-order valence-electron chi connectivity index (χ4n) is 4.80. The second-order valence-corrected chi connectivity index (χ2v) is 12.4. The number of carbonyl (C=O) groups is 1. The third-order valence-electron chi connectivity index (χ3n) is 6.61. The minimum Gasteiger partial charge on any atom is -0.444 e. The Balaban J connectivity index is 1.28. The minimum absolute atomic E-state index is 0.0173. The number of anilines is 3. The van der Waals surface area contributed by atoms with Crippen LogP contribution in [-0.4, -0.2) is 81.8 Å². The average molecular weight is 533 g/mol. The summed E-state index contributed by atoms with van der Waals surface area (Å²) < 4.78 is 18.3. The number of likely N-dealkylation sites (tertiary alicyclic amines) is 1. The maximum atomic E-state index is 12.8. The van der Waals surface area contributed by atoms with Crippen molar-refractivity contribution < 1.29 is 13.7 Å². The monoisotopic (exact) mass is 532 g/mol. The molecule has 0 bridgehead atoms. The molecule has 194 valence electrons. The van der Waals surface area contributed by atoms with Crippen molar-refractivity contribution in [3.05, 3.63) is 35.0 Å². The highest BCUT2D eigenvalue weighted by atomic mass is 35.5. The smallest absolute Gasteiger partial charge is 0.410 e. The van der Waals surface area contributed by atoms with Crippen molar-refractivity contribution in [1.29, 1.82) is 0 Å². The molecule has 2 atom stereocenters. The first-order valence-electron chi connectivity index (χ1n) is 12.5. The molecule has 1 aromatic carbocycles. The number of hydrogen-bond donors (Lipinski definition) is 1. The van der Waals surface area contributed by atoms with Crippen LogP contribution in [-0.2, 0) is 22.0 Å². The van der Waals surface area contributed by atoms with Crippen LogP contribution in [0, 0.1) is 0 Å². The number of halogens is 1. The molecule has 5 rings (SSSR count). The number of carbonyl (C=O) groups excluding carboxylic acids is 1. The van der Waals surface area contributed by atoms with E-state index in [1.54, 1.807) is 4.90 Å². The number of ether oxygens (including phenoxy) is 1. The molecule has 4 heterocycles. The molecule has 2 aromatic rings. The van der Waals surface area contributed by atoms with Crippen molar-refractivity contribution in [1.82, 2.24) is 14.9 Å². The summed E-state index contributed by atoms with van der Waals surface area (Å²) in [5, 5.41) is 4.23. The Bertz CT molecular complexity index is 1150. The van der Waals surface area contributed by atoms with Crippen LogP contribution < -0.4 is 15.1 Å². The zero-order valence-electron chi connectivity index (χ0n) is 21.0. The molecule has 0 saturated carbocycles. The normalized spacial score (nSPS) is 22.1. The number of nitrogens with zero attached hydrogens (tertiary/aromatic N) is 5. The Kier molecular flexibility index (Phi) is 7.00. The molecular formula is C25H33ClN6O3S. The minimum atomic E-state index is -1.12. The first-order valence-corrected chi connectivity index (χ1v) is 14.2. The molecule has 0 aliphatic carbocycles. The lowest BCUT2D eigenvalue weighted by Crippen LogP contribution is -2.47. The molecule has 3 aliphatic rings. The van der Waals surface area contributed by atoms with E-state index in [-0.39, 0.29) is 12.1 Å². The highest BCUT2D eigenvalue weighted by Crippen LogP contribution is 2.32. The van der Waals surface area contributed by atoms with Gasteiger partial charge < -0.3 is 24.8 Å². The summed E-state index contributed by atoms with van der Waals surface area (Å²) in [6.45, 7) is 10.0. The highest BCUT2D eigenvalue weighted by molar-refractivity contribution is 7.85. The van der Waals surface area contributed by atoms with Gasteiger partial charge in [0.05, 0.1) is 16.5 Å². The van der Waals surface area contributed by atoms with E-state index in [1.807, 2.05) is 45.0 Å². The van der Waals surface area contributed by atoms with Gasteiger partial charge in [0, 0.05) is 68.2 Å². The molecule has 1 amide bonds. The van der Waals surface area contributed by atoms with Gasteiger partial charge >= 0.3 is 6.09 Å². The SMILES string of the molecule is CC(C)(C)OC(=O)N1CCC(Nc2nc(N3CCN(c4ccc(Cl)cc4)CC3)nc3c2[S@](=O)CC3)C1. The first kappa shape index (κ1) is 25.1. The number of aryl methyl sites for hydroxylation is 1. The van der Waals surface area contributed by atoms with Crippen LogP contribution >= 0.6 is 11.6 Å². The van der Waals surface area contributed by atoms with Crippen LogP contribution in [0.25, 0.3) is 0 Å². The van der Waals surface area contributed by atoms with E-state index >= 15 is 0 Å². The van der Waals surface area contributed by atoms with E-state index in [0.29, 0.717) is 41.9 Å². The average Bonchev–Trinajstić information content (AvgIpc) is 3.45. The van der Waals surface area contributed by atoms with Crippen LogP contribution in [0.15, 0.2) is 29.2 Å². The van der Waals surface area contributed by atoms with Crippen LogP contribution in [0.1, 0.15) is 32.9 Å². The van der Waals surface area contributed by atoms with Crippen LogP contribution in [0.5, 0.6) is 0 Å². The summed E-state index contributed by atoms with van der Waals surface area (Å²) in [4.78, 5) is 29.1. The molecule has 0 radical (unpaired) electrons. The summed E-state index contributed by atoms with van der Waals surface area (Å²) in [6.07, 6.45) is 1.16. The Morgan fingerprint density at radius 3 is 2.47 bits per heavy atom. The highest BCUT2D eigenvalue weighted by Gasteiger charge is 2.33. The van der Waals surface area contributed by atoms with E-state index in [2.05, 4.69) is 15.1 Å². The fourth-order valence-corrected chi connectivity index (χ4v) is 6.24. The largest absolute Gasteiger partial charge is 0.444 e. The maximum absolute atomic E-state index is 12.8. The number of nitrogens with one attached hydrogen (secondary N) is 1. The standard InChI is InChI=1S/C25H33ClN6O3S/c1-25(2,3)35-24(33)32-10-8-18(16-32)27-22-21-20(9-15-36(21)34)28-23(29-22)31-13-11-30(12-14-31)19-6-4-17(26)5-7-19/h4-7,18H,8-16H2,1-3H3,(H,27,28,29)/t18?,36-/m1/s1. The van der Waals surface area contributed by atoms with Crippen LogP contribution in [0.4, 0.5) is 22.2 Å². The molecule has 1 N–H and O–H groups in total. The lowest BCUT2D eigenvalue weighted by atomic mass is 10.2. The van der Waals surface area contributed by atoms with Gasteiger partial charge in [0.2, 0.25) is 5.95 Å². The lowest BCUT2D eigenvalue weighted by molar-refractivity contribution is 0.0293. The Labute approximate surface area is 219 Å². The number of fused-ring (bicyclic) bond motifs is 1. The summed E-state index contributed by atoms with van der Waals surface area (Å²) in [7, 11) is -1.12. The van der Waals surface area contributed by atoms with Crippen molar-refractivity contribution in [2.75, 3.05) is 60.1 Å². The number of amides is 1. The summed E-state index contributed by atoms with van der Waals surface area (Å²) in [5.74, 6) is 1.89. The molecule has 2 saturated heterocycles. The number of aromatic nitrogens is 2. The molecule has 2 fully saturated rings.